The normalized spacial score (nSPS) is 10.8. The van der Waals surface area contributed by atoms with Gasteiger partial charge in [-0.3, -0.25) is 4.79 Å². The molecule has 0 saturated carbocycles. The predicted octanol–water partition coefficient (Wildman–Crippen LogP) is 1.11. The Hall–Kier alpha value is -1.04. The van der Waals surface area contributed by atoms with Gasteiger partial charge >= 0.3 is 11.4 Å². The van der Waals surface area contributed by atoms with Crippen LogP contribution >= 0.6 is 15.9 Å². The van der Waals surface area contributed by atoms with Crippen molar-refractivity contribution in [2.45, 2.75) is 25.6 Å². The second-order valence-electron chi connectivity index (χ2n) is 3.91. The zero-order chi connectivity index (χ0) is 12.3. The molecule has 1 N–H and O–H groups in total. The van der Waals surface area contributed by atoms with Crippen LogP contribution in [0.2, 0.25) is 0 Å². The zero-order valence-corrected chi connectivity index (χ0v) is 11.1. The minimum atomic E-state index is -0.348. The van der Waals surface area contributed by atoms with Crippen LogP contribution in [0, 0.1) is 11.1 Å². The maximum atomic E-state index is 11.9. The van der Waals surface area contributed by atoms with Crippen LogP contribution in [-0.4, -0.2) is 12.1 Å². The number of hydrogen-bond acceptors (Lipinski definition) is 3. The number of aromatic nitrogens is 2. The van der Waals surface area contributed by atoms with Crippen molar-refractivity contribution in [3.63, 3.8) is 0 Å². The lowest BCUT2D eigenvalue weighted by atomic mass is 10.1. The molecular formula is C10H15BrN2O3. The Kier molecular flexibility index (Phi) is 4.35. The topological polar surface area (TPSA) is 69.0 Å². The lowest BCUT2D eigenvalue weighted by Gasteiger charge is -2.10. The fraction of sp³-hybridized carbons (Fsp3) is 0.600. The van der Waals surface area contributed by atoms with Crippen molar-refractivity contribution in [1.29, 1.82) is 0 Å². The van der Waals surface area contributed by atoms with Gasteiger partial charge in [0.1, 0.15) is 5.69 Å². The van der Waals surface area contributed by atoms with E-state index in [1.54, 1.807) is 0 Å². The molecule has 0 aliphatic rings. The average molecular weight is 291 g/mol. The summed E-state index contributed by atoms with van der Waals surface area (Å²) in [6.07, 6.45) is 0.428. The van der Waals surface area contributed by atoms with E-state index in [0.717, 1.165) is 0 Å². The SMILES string of the molecule is COc1c(CBr)[nH]c(=O)c(CC(C)C)[n+]1[O-]. The third-order valence-corrected chi connectivity index (χ3v) is 2.70. The molecule has 5 nitrogen and oxygen atoms in total. The summed E-state index contributed by atoms with van der Waals surface area (Å²) in [6.45, 7) is 3.90. The molecule has 16 heavy (non-hydrogen) atoms. The lowest BCUT2D eigenvalue weighted by molar-refractivity contribution is -0.622. The first-order chi connectivity index (χ1) is 7.51. The van der Waals surface area contributed by atoms with Gasteiger partial charge in [-0.1, -0.05) is 29.8 Å². The fourth-order valence-corrected chi connectivity index (χ4v) is 1.84. The molecule has 1 heterocycles. The van der Waals surface area contributed by atoms with Gasteiger partial charge in [0.25, 0.3) is 5.69 Å². The van der Waals surface area contributed by atoms with Gasteiger partial charge in [-0.25, -0.2) is 0 Å². The second kappa shape index (κ2) is 5.34. The van der Waals surface area contributed by atoms with Crippen LogP contribution in [0.25, 0.3) is 0 Å². The van der Waals surface area contributed by atoms with Gasteiger partial charge in [0.2, 0.25) is 0 Å². The van der Waals surface area contributed by atoms with E-state index in [1.807, 2.05) is 13.8 Å². The first-order valence-corrected chi connectivity index (χ1v) is 6.11. The average Bonchev–Trinajstić information content (AvgIpc) is 2.23. The third-order valence-electron chi connectivity index (χ3n) is 2.14. The molecule has 6 heteroatoms. The highest BCUT2D eigenvalue weighted by molar-refractivity contribution is 9.08. The minimum absolute atomic E-state index is 0.145. The van der Waals surface area contributed by atoms with Crippen LogP contribution in [-0.2, 0) is 11.8 Å². The van der Waals surface area contributed by atoms with E-state index in [4.69, 9.17) is 4.74 Å². The van der Waals surface area contributed by atoms with E-state index in [2.05, 4.69) is 20.9 Å². The van der Waals surface area contributed by atoms with Gasteiger partial charge in [0.15, 0.2) is 0 Å². The smallest absolute Gasteiger partial charge is 0.400 e. The molecule has 0 aliphatic carbocycles. The number of ether oxygens (including phenoxy) is 1. The van der Waals surface area contributed by atoms with Crippen molar-refractivity contribution < 1.29 is 9.47 Å². The summed E-state index contributed by atoms with van der Waals surface area (Å²) in [5.74, 6) is 0.382. The van der Waals surface area contributed by atoms with Crippen molar-refractivity contribution in [3.8, 4) is 5.88 Å². The molecule has 1 aromatic rings. The van der Waals surface area contributed by atoms with Crippen molar-refractivity contribution >= 4 is 15.9 Å². The van der Waals surface area contributed by atoms with Crippen molar-refractivity contribution in [1.82, 2.24) is 4.98 Å². The van der Waals surface area contributed by atoms with Crippen LogP contribution in [0.1, 0.15) is 25.2 Å². The standard InChI is InChI=1S/C10H15BrN2O3/c1-6(2)4-8-9(14)12-7(5-11)10(16-3)13(8)15/h6H,4-5H2,1-3H3,(H,12,14). The molecule has 0 unspecified atom stereocenters. The van der Waals surface area contributed by atoms with Crippen molar-refractivity contribution in [2.24, 2.45) is 5.92 Å². The summed E-state index contributed by atoms with van der Waals surface area (Å²) in [5.41, 5.74) is 0.297. The minimum Gasteiger partial charge on any atom is -0.616 e. The third kappa shape index (κ3) is 2.55. The Balaban J connectivity index is 3.35. The number of aromatic amines is 1. The molecule has 0 amide bonds. The Bertz CT molecular complexity index is 429. The Morgan fingerprint density at radius 2 is 2.19 bits per heavy atom. The quantitative estimate of drug-likeness (QED) is 0.513. The summed E-state index contributed by atoms with van der Waals surface area (Å²) >= 11 is 3.19. The van der Waals surface area contributed by atoms with E-state index < -0.39 is 0 Å². The largest absolute Gasteiger partial charge is 0.616 e. The van der Waals surface area contributed by atoms with Gasteiger partial charge < -0.3 is 14.9 Å². The van der Waals surface area contributed by atoms with Crippen LogP contribution in [0.3, 0.4) is 0 Å². The van der Waals surface area contributed by atoms with Crippen molar-refractivity contribution in [2.75, 3.05) is 7.11 Å². The fourth-order valence-electron chi connectivity index (χ4n) is 1.46. The first-order valence-electron chi connectivity index (χ1n) is 4.98. The molecule has 0 atom stereocenters. The van der Waals surface area contributed by atoms with Gasteiger partial charge in [0, 0.05) is 6.42 Å². The molecule has 0 bridgehead atoms. The van der Waals surface area contributed by atoms with Gasteiger partial charge in [-0.05, 0) is 5.92 Å². The maximum Gasteiger partial charge on any atom is 0.400 e. The van der Waals surface area contributed by atoms with E-state index in [-0.39, 0.29) is 23.1 Å². The predicted molar refractivity (Wildman–Crippen MR) is 63.7 cm³/mol. The highest BCUT2D eigenvalue weighted by Crippen LogP contribution is 2.13. The Labute approximate surface area is 102 Å². The molecule has 0 aromatic carbocycles. The first kappa shape index (κ1) is 13.0. The Morgan fingerprint density at radius 3 is 2.62 bits per heavy atom. The maximum absolute atomic E-state index is 11.9. The molecular weight excluding hydrogens is 276 g/mol. The van der Waals surface area contributed by atoms with Crippen LogP contribution in [0.5, 0.6) is 5.88 Å². The second-order valence-corrected chi connectivity index (χ2v) is 4.48. The van der Waals surface area contributed by atoms with E-state index in [0.29, 0.717) is 22.2 Å². The Morgan fingerprint density at radius 1 is 1.56 bits per heavy atom. The summed E-state index contributed by atoms with van der Waals surface area (Å²) in [7, 11) is 1.41. The van der Waals surface area contributed by atoms with Crippen LogP contribution in [0.4, 0.5) is 0 Å². The zero-order valence-electron chi connectivity index (χ0n) is 9.54. The lowest BCUT2D eigenvalue weighted by Crippen LogP contribution is -2.42. The van der Waals surface area contributed by atoms with E-state index in [1.165, 1.54) is 7.11 Å². The number of alkyl halides is 1. The molecule has 0 radical (unpaired) electrons. The summed E-state index contributed by atoms with van der Waals surface area (Å²) in [4.78, 5) is 14.3. The number of hydrogen-bond donors (Lipinski definition) is 1. The van der Waals surface area contributed by atoms with Gasteiger partial charge in [-0.2, -0.15) is 0 Å². The molecule has 1 rings (SSSR count). The van der Waals surface area contributed by atoms with E-state index >= 15 is 0 Å². The van der Waals surface area contributed by atoms with Crippen LogP contribution in [0.15, 0.2) is 4.79 Å². The number of H-pyrrole nitrogens is 1. The summed E-state index contributed by atoms with van der Waals surface area (Å²) in [6, 6.07) is 0. The highest BCUT2D eigenvalue weighted by atomic mass is 79.9. The van der Waals surface area contributed by atoms with Gasteiger partial charge in [-0.15, -0.1) is 4.73 Å². The summed E-state index contributed by atoms with van der Waals surface area (Å²) < 4.78 is 5.57. The highest BCUT2D eigenvalue weighted by Gasteiger charge is 2.22. The molecule has 0 aliphatic heterocycles. The number of rotatable bonds is 4. The van der Waals surface area contributed by atoms with Gasteiger partial charge in [0.05, 0.1) is 12.4 Å². The van der Waals surface area contributed by atoms with Crippen molar-refractivity contribution in [3.05, 3.63) is 26.9 Å². The van der Waals surface area contributed by atoms with Crippen LogP contribution < -0.4 is 15.0 Å². The number of nitrogens with one attached hydrogen (secondary N) is 1. The summed E-state index contributed by atoms with van der Waals surface area (Å²) in [5, 5.41) is 12.3. The molecule has 1 aromatic heterocycles. The molecule has 0 spiro atoms. The monoisotopic (exact) mass is 290 g/mol. The molecule has 90 valence electrons. The molecule has 0 fully saturated rings. The van der Waals surface area contributed by atoms with E-state index in [9.17, 15) is 10.0 Å². The number of halogens is 1. The molecule has 0 saturated heterocycles. The number of methoxy groups -OCH3 is 1. The number of nitrogens with zero attached hydrogens (tertiary/aromatic N) is 1.